The summed E-state index contributed by atoms with van der Waals surface area (Å²) < 4.78 is 2.27. The molecule has 10 aromatic rings. The van der Waals surface area contributed by atoms with Crippen molar-refractivity contribution in [2.75, 3.05) is 0 Å². The zero-order valence-corrected chi connectivity index (χ0v) is 31.4. The van der Waals surface area contributed by atoms with Crippen LogP contribution in [0.15, 0.2) is 194 Å². The summed E-state index contributed by atoms with van der Waals surface area (Å²) in [6.45, 7) is 4.74. The third kappa shape index (κ3) is 4.86. The van der Waals surface area contributed by atoms with Gasteiger partial charge in [-0.25, -0.2) is 4.98 Å². The summed E-state index contributed by atoms with van der Waals surface area (Å²) in [5.41, 5.74) is 17.0. The lowest BCUT2D eigenvalue weighted by molar-refractivity contribution is 0.660. The summed E-state index contributed by atoms with van der Waals surface area (Å²) in [6, 6.07) is 70.8. The smallest absolute Gasteiger partial charge is 0.145 e. The van der Waals surface area contributed by atoms with Crippen molar-refractivity contribution in [3.05, 3.63) is 205 Å². The molecule has 0 aliphatic heterocycles. The molecule has 1 aromatic heterocycles. The molecular weight excluding hydrogens is 677 g/mol. The van der Waals surface area contributed by atoms with E-state index in [1.54, 1.807) is 0 Å². The first-order chi connectivity index (χ1) is 27.6. The zero-order chi connectivity index (χ0) is 37.4. The van der Waals surface area contributed by atoms with Gasteiger partial charge < -0.3 is 0 Å². The van der Waals surface area contributed by atoms with E-state index in [0.717, 1.165) is 28.1 Å². The molecule has 2 heteroatoms. The highest BCUT2D eigenvalue weighted by Gasteiger charge is 2.37. The molecule has 0 fully saturated rings. The van der Waals surface area contributed by atoms with E-state index in [1.807, 2.05) is 0 Å². The summed E-state index contributed by atoms with van der Waals surface area (Å²) >= 11 is 0. The Morgan fingerprint density at radius 1 is 0.393 bits per heavy atom. The average molecular weight is 715 g/mol. The quantitative estimate of drug-likeness (QED) is 0.162. The van der Waals surface area contributed by atoms with Crippen molar-refractivity contribution >= 4 is 32.6 Å². The zero-order valence-electron chi connectivity index (χ0n) is 31.4. The van der Waals surface area contributed by atoms with Crippen LogP contribution in [0.4, 0.5) is 0 Å². The lowest BCUT2D eigenvalue weighted by Gasteiger charge is -2.23. The maximum absolute atomic E-state index is 5.16. The highest BCUT2D eigenvalue weighted by molar-refractivity contribution is 6.23. The molecule has 0 saturated carbocycles. The van der Waals surface area contributed by atoms with Crippen LogP contribution in [0.3, 0.4) is 0 Å². The van der Waals surface area contributed by atoms with Crippen molar-refractivity contribution in [2.45, 2.75) is 19.3 Å². The van der Waals surface area contributed by atoms with Crippen molar-refractivity contribution in [1.82, 2.24) is 9.55 Å². The Balaban J connectivity index is 1.17. The van der Waals surface area contributed by atoms with Crippen molar-refractivity contribution in [1.29, 1.82) is 0 Å². The van der Waals surface area contributed by atoms with Gasteiger partial charge in [0.25, 0.3) is 0 Å². The fourth-order valence-corrected chi connectivity index (χ4v) is 9.40. The number of para-hydroxylation sites is 3. The van der Waals surface area contributed by atoms with Gasteiger partial charge >= 0.3 is 0 Å². The van der Waals surface area contributed by atoms with Gasteiger partial charge in [-0.3, -0.25) is 4.57 Å². The number of benzene rings is 9. The van der Waals surface area contributed by atoms with Gasteiger partial charge in [-0.15, -0.1) is 0 Å². The molecule has 264 valence electrons. The first-order valence-corrected chi connectivity index (χ1v) is 19.5. The van der Waals surface area contributed by atoms with Crippen LogP contribution in [0.25, 0.3) is 94.2 Å². The van der Waals surface area contributed by atoms with Crippen molar-refractivity contribution in [3.8, 4) is 61.6 Å². The molecule has 0 radical (unpaired) electrons. The van der Waals surface area contributed by atoms with Crippen LogP contribution in [0.1, 0.15) is 25.0 Å². The Morgan fingerprint density at radius 2 is 0.982 bits per heavy atom. The van der Waals surface area contributed by atoms with E-state index in [4.69, 9.17) is 4.98 Å². The van der Waals surface area contributed by atoms with Gasteiger partial charge in [-0.05, 0) is 108 Å². The molecule has 0 N–H and O–H groups in total. The van der Waals surface area contributed by atoms with Crippen LogP contribution in [-0.4, -0.2) is 9.55 Å². The van der Waals surface area contributed by atoms with Gasteiger partial charge in [0.05, 0.1) is 11.0 Å². The molecule has 1 heterocycles. The first kappa shape index (κ1) is 32.4. The van der Waals surface area contributed by atoms with E-state index < -0.39 is 0 Å². The third-order valence-corrected chi connectivity index (χ3v) is 12.0. The Hall–Kier alpha value is -7.03. The topological polar surface area (TPSA) is 17.8 Å². The van der Waals surface area contributed by atoms with Crippen LogP contribution in [0.5, 0.6) is 0 Å². The minimum atomic E-state index is -0.0918. The lowest BCUT2D eigenvalue weighted by atomic mass is 9.80. The third-order valence-electron chi connectivity index (χ3n) is 12.0. The average Bonchev–Trinajstić information content (AvgIpc) is 3.76. The number of hydrogen-bond acceptors (Lipinski definition) is 1. The Kier molecular flexibility index (Phi) is 7.24. The molecule has 0 amide bonds. The molecule has 2 nitrogen and oxygen atoms in total. The second kappa shape index (κ2) is 12.5. The van der Waals surface area contributed by atoms with Gasteiger partial charge in [0.1, 0.15) is 5.82 Å². The number of hydrogen-bond donors (Lipinski definition) is 0. The standard InChI is InChI=1S/C54H38N2/c1-54(2)46-24-12-11-22-43(46)52-44(23-15-25-47(52)54)51-41-21-10-9-20-40(41)50(42-33-32-38(34-45(42)51)35-16-5-3-6-17-35)36-28-30-37(31-29-36)53-55-48-26-13-14-27-49(48)56(53)39-18-7-4-8-19-39/h3-34H,1-2H3. The Morgan fingerprint density at radius 3 is 1.79 bits per heavy atom. The Bertz CT molecular complexity index is 3130. The fraction of sp³-hybridized carbons (Fsp3) is 0.0556. The molecule has 11 rings (SSSR count). The summed E-state index contributed by atoms with van der Waals surface area (Å²) in [4.78, 5) is 5.16. The molecule has 0 spiro atoms. The molecule has 9 aromatic carbocycles. The number of aromatic nitrogens is 2. The number of nitrogens with zero attached hydrogens (tertiary/aromatic N) is 2. The predicted octanol–water partition coefficient (Wildman–Crippen LogP) is 14.3. The van der Waals surface area contributed by atoms with E-state index in [1.165, 1.54) is 77.2 Å². The molecule has 56 heavy (non-hydrogen) atoms. The fourth-order valence-electron chi connectivity index (χ4n) is 9.40. The molecule has 0 unspecified atom stereocenters. The van der Waals surface area contributed by atoms with Crippen LogP contribution < -0.4 is 0 Å². The SMILES string of the molecule is CC1(C)c2ccccc2-c2c(-c3c4ccccc4c(-c4ccc(-c5nc6ccccc6n5-c5ccccc5)cc4)c4ccc(-c5ccccc5)cc34)cccc21. The maximum Gasteiger partial charge on any atom is 0.145 e. The Labute approximate surface area is 327 Å². The predicted molar refractivity (Wildman–Crippen MR) is 235 cm³/mol. The van der Waals surface area contributed by atoms with E-state index in [2.05, 4.69) is 213 Å². The van der Waals surface area contributed by atoms with E-state index in [0.29, 0.717) is 0 Å². The van der Waals surface area contributed by atoms with Crippen molar-refractivity contribution in [2.24, 2.45) is 0 Å². The number of rotatable bonds is 5. The van der Waals surface area contributed by atoms with Crippen LogP contribution in [-0.2, 0) is 5.41 Å². The van der Waals surface area contributed by atoms with Crippen LogP contribution in [0.2, 0.25) is 0 Å². The summed E-state index contributed by atoms with van der Waals surface area (Å²) in [5, 5.41) is 5.00. The largest absolute Gasteiger partial charge is 0.292 e. The molecule has 0 bridgehead atoms. The van der Waals surface area contributed by atoms with Gasteiger partial charge in [0, 0.05) is 16.7 Å². The van der Waals surface area contributed by atoms with Crippen molar-refractivity contribution in [3.63, 3.8) is 0 Å². The highest BCUT2D eigenvalue weighted by atomic mass is 15.1. The maximum atomic E-state index is 5.16. The summed E-state index contributed by atoms with van der Waals surface area (Å²) in [7, 11) is 0. The lowest BCUT2D eigenvalue weighted by Crippen LogP contribution is -2.14. The molecule has 0 atom stereocenters. The van der Waals surface area contributed by atoms with E-state index in [-0.39, 0.29) is 5.41 Å². The van der Waals surface area contributed by atoms with Crippen LogP contribution in [0, 0.1) is 0 Å². The molecule has 1 aliphatic rings. The summed E-state index contributed by atoms with van der Waals surface area (Å²) in [6.07, 6.45) is 0. The summed E-state index contributed by atoms with van der Waals surface area (Å²) in [5.74, 6) is 0.933. The second-order valence-electron chi connectivity index (χ2n) is 15.5. The van der Waals surface area contributed by atoms with Gasteiger partial charge in [-0.1, -0.05) is 178 Å². The normalized spacial score (nSPS) is 13.0. The van der Waals surface area contributed by atoms with E-state index >= 15 is 0 Å². The van der Waals surface area contributed by atoms with E-state index in [9.17, 15) is 0 Å². The minimum Gasteiger partial charge on any atom is -0.292 e. The first-order valence-electron chi connectivity index (χ1n) is 19.5. The second-order valence-corrected chi connectivity index (χ2v) is 15.5. The monoisotopic (exact) mass is 714 g/mol. The van der Waals surface area contributed by atoms with Crippen molar-refractivity contribution < 1.29 is 0 Å². The van der Waals surface area contributed by atoms with Gasteiger partial charge in [0.15, 0.2) is 0 Å². The molecule has 1 aliphatic carbocycles. The number of fused-ring (bicyclic) bond motifs is 6. The van der Waals surface area contributed by atoms with Gasteiger partial charge in [0.2, 0.25) is 0 Å². The van der Waals surface area contributed by atoms with Crippen LogP contribution >= 0.6 is 0 Å². The molecule has 0 saturated heterocycles. The number of imidazole rings is 1. The minimum absolute atomic E-state index is 0.0918. The van der Waals surface area contributed by atoms with Gasteiger partial charge in [-0.2, -0.15) is 0 Å². The molecular formula is C54H38N2. The highest BCUT2D eigenvalue weighted by Crippen LogP contribution is 2.54.